The molecule has 3 rings (SSSR count). The molecule has 1 aliphatic heterocycles. The van der Waals surface area contributed by atoms with Crippen molar-refractivity contribution in [2.24, 2.45) is 5.92 Å². The number of aromatic nitrogens is 1. The summed E-state index contributed by atoms with van der Waals surface area (Å²) in [6.07, 6.45) is -0.283. The fourth-order valence-corrected chi connectivity index (χ4v) is 3.84. The third kappa shape index (κ3) is 5.77. The van der Waals surface area contributed by atoms with Crippen LogP contribution >= 0.6 is 11.3 Å². The molecule has 29 heavy (non-hydrogen) atoms. The highest BCUT2D eigenvalue weighted by atomic mass is 32.1. The van der Waals surface area contributed by atoms with Gasteiger partial charge in [0.15, 0.2) is 0 Å². The van der Waals surface area contributed by atoms with Gasteiger partial charge in [0.05, 0.1) is 25.3 Å². The Morgan fingerprint density at radius 2 is 2.17 bits per heavy atom. The lowest BCUT2D eigenvalue weighted by atomic mass is 10.2. The summed E-state index contributed by atoms with van der Waals surface area (Å²) in [4.78, 5) is 33.0. The third-order valence-corrected chi connectivity index (χ3v) is 5.26. The highest BCUT2D eigenvalue weighted by molar-refractivity contribution is 7.07. The van der Waals surface area contributed by atoms with E-state index in [1.165, 1.54) is 11.3 Å². The normalized spacial score (nSPS) is 17.5. The summed E-state index contributed by atoms with van der Waals surface area (Å²) in [5.41, 5.74) is 2.97. The molecule has 0 bridgehead atoms. The summed E-state index contributed by atoms with van der Waals surface area (Å²) in [6, 6.07) is 7.68. The van der Waals surface area contributed by atoms with Crippen LogP contribution in [-0.2, 0) is 16.1 Å². The average molecular weight is 418 g/mol. The molecule has 0 radical (unpaired) electrons. The number of methoxy groups -OCH3 is 1. The highest BCUT2D eigenvalue weighted by Gasteiger charge is 2.32. The van der Waals surface area contributed by atoms with E-state index in [2.05, 4.69) is 18.8 Å². The molecule has 7 nitrogen and oxygen atoms in total. The number of carbonyl (C=O) groups excluding carboxylic acids is 2. The van der Waals surface area contributed by atoms with E-state index >= 15 is 0 Å². The Hall–Kier alpha value is -2.45. The molecule has 0 unspecified atom stereocenters. The predicted molar refractivity (Wildman–Crippen MR) is 111 cm³/mol. The Balaban J connectivity index is 1.74. The minimum atomic E-state index is -0.283. The highest BCUT2D eigenvalue weighted by Crippen LogP contribution is 2.17. The molecule has 1 saturated heterocycles. The summed E-state index contributed by atoms with van der Waals surface area (Å²) in [5, 5.41) is 1.70. The first-order valence-corrected chi connectivity index (χ1v) is 10.6. The van der Waals surface area contributed by atoms with Crippen LogP contribution < -0.4 is 4.74 Å². The first-order chi connectivity index (χ1) is 14.0. The van der Waals surface area contributed by atoms with Crippen LogP contribution in [0.4, 0.5) is 0 Å². The van der Waals surface area contributed by atoms with Crippen molar-refractivity contribution in [3.8, 4) is 5.75 Å². The lowest BCUT2D eigenvalue weighted by molar-refractivity contribution is -0.132. The minimum Gasteiger partial charge on any atom is -0.497 e. The van der Waals surface area contributed by atoms with Crippen molar-refractivity contribution in [1.82, 2.24) is 14.8 Å². The second kappa shape index (κ2) is 9.84. The SMILES string of the molecule is COc1cccc(CO[C@H]2CN(CC(C)C)C(=O)CN(C(=O)c3cscn3)C2)c1. The number of amides is 2. The second-order valence-electron chi connectivity index (χ2n) is 7.54. The largest absolute Gasteiger partial charge is 0.497 e. The van der Waals surface area contributed by atoms with Gasteiger partial charge in [0.1, 0.15) is 18.0 Å². The lowest BCUT2D eigenvalue weighted by Gasteiger charge is -2.26. The van der Waals surface area contributed by atoms with Crippen molar-refractivity contribution >= 4 is 23.2 Å². The van der Waals surface area contributed by atoms with E-state index < -0.39 is 0 Å². The second-order valence-corrected chi connectivity index (χ2v) is 8.26. The van der Waals surface area contributed by atoms with Crippen LogP contribution in [-0.4, -0.2) is 66.0 Å². The van der Waals surface area contributed by atoms with Crippen LogP contribution in [0.5, 0.6) is 5.75 Å². The van der Waals surface area contributed by atoms with E-state index in [0.717, 1.165) is 11.3 Å². The lowest BCUT2D eigenvalue weighted by Crippen LogP contribution is -2.40. The topological polar surface area (TPSA) is 72.0 Å². The van der Waals surface area contributed by atoms with E-state index in [4.69, 9.17) is 9.47 Å². The maximum absolute atomic E-state index is 12.8. The first-order valence-electron chi connectivity index (χ1n) is 9.66. The molecular weight excluding hydrogens is 390 g/mol. The molecule has 0 saturated carbocycles. The van der Waals surface area contributed by atoms with Crippen molar-refractivity contribution in [2.45, 2.75) is 26.6 Å². The maximum atomic E-state index is 12.8. The number of rotatable bonds is 7. The molecule has 0 aliphatic carbocycles. The number of thiazole rings is 1. The zero-order valence-corrected chi connectivity index (χ0v) is 17.9. The number of carbonyl (C=O) groups is 2. The molecule has 1 aromatic heterocycles. The summed E-state index contributed by atoms with van der Waals surface area (Å²) < 4.78 is 11.4. The standard InChI is InChI=1S/C21H27N3O4S/c1-15(2)8-23-9-18(28-12-16-5-4-6-17(7-16)27-3)10-24(11-20(23)25)21(26)19-13-29-14-22-19/h4-7,13-15,18H,8-12H2,1-3H3/t18-/m0/s1. The molecule has 0 spiro atoms. The molecule has 1 fully saturated rings. The van der Waals surface area contributed by atoms with Crippen LogP contribution in [0.2, 0.25) is 0 Å². The number of hydrogen-bond acceptors (Lipinski definition) is 6. The Labute approximate surface area is 175 Å². The molecule has 1 atom stereocenters. The van der Waals surface area contributed by atoms with Gasteiger partial charge in [-0.2, -0.15) is 0 Å². The number of benzene rings is 1. The van der Waals surface area contributed by atoms with Crippen LogP contribution in [0.25, 0.3) is 0 Å². The van der Waals surface area contributed by atoms with Gasteiger partial charge in [0.25, 0.3) is 5.91 Å². The molecule has 0 N–H and O–H groups in total. The van der Waals surface area contributed by atoms with Crippen molar-refractivity contribution < 1.29 is 19.1 Å². The van der Waals surface area contributed by atoms with E-state index in [1.807, 2.05) is 24.3 Å². The van der Waals surface area contributed by atoms with E-state index in [0.29, 0.717) is 37.9 Å². The van der Waals surface area contributed by atoms with Crippen LogP contribution in [0, 0.1) is 5.92 Å². The van der Waals surface area contributed by atoms with Crippen molar-refractivity contribution in [2.75, 3.05) is 33.3 Å². The number of nitrogens with zero attached hydrogens (tertiary/aromatic N) is 3. The quantitative estimate of drug-likeness (QED) is 0.693. The van der Waals surface area contributed by atoms with Gasteiger partial charge >= 0.3 is 0 Å². The van der Waals surface area contributed by atoms with Gasteiger partial charge in [-0.25, -0.2) is 4.98 Å². The molecular formula is C21H27N3O4S. The fourth-order valence-electron chi connectivity index (χ4n) is 3.31. The number of ether oxygens (including phenoxy) is 2. The molecule has 2 amide bonds. The molecule has 2 heterocycles. The number of hydrogen-bond donors (Lipinski definition) is 0. The van der Waals surface area contributed by atoms with E-state index in [1.54, 1.807) is 27.8 Å². The molecule has 8 heteroatoms. The van der Waals surface area contributed by atoms with Crippen LogP contribution in [0.15, 0.2) is 35.2 Å². The predicted octanol–water partition coefficient (Wildman–Crippen LogP) is 2.68. The summed E-state index contributed by atoms with van der Waals surface area (Å²) in [7, 11) is 1.63. The van der Waals surface area contributed by atoms with Gasteiger partial charge in [-0.3, -0.25) is 9.59 Å². The monoisotopic (exact) mass is 417 g/mol. The van der Waals surface area contributed by atoms with E-state index in [9.17, 15) is 9.59 Å². The van der Waals surface area contributed by atoms with Gasteiger partial charge in [-0.15, -0.1) is 11.3 Å². The first kappa shape index (κ1) is 21.3. The Morgan fingerprint density at radius 1 is 1.34 bits per heavy atom. The van der Waals surface area contributed by atoms with Gasteiger partial charge in [0.2, 0.25) is 5.91 Å². The van der Waals surface area contributed by atoms with Crippen molar-refractivity contribution in [1.29, 1.82) is 0 Å². The maximum Gasteiger partial charge on any atom is 0.273 e. The Morgan fingerprint density at radius 3 is 2.86 bits per heavy atom. The fraction of sp³-hybridized carbons (Fsp3) is 0.476. The Kier molecular flexibility index (Phi) is 7.22. The molecule has 2 aromatic rings. The molecule has 156 valence electrons. The zero-order chi connectivity index (χ0) is 20.8. The molecule has 1 aromatic carbocycles. The third-order valence-electron chi connectivity index (χ3n) is 4.67. The van der Waals surface area contributed by atoms with Gasteiger partial charge < -0.3 is 19.3 Å². The molecule has 1 aliphatic rings. The van der Waals surface area contributed by atoms with Gasteiger partial charge in [-0.1, -0.05) is 26.0 Å². The summed E-state index contributed by atoms with van der Waals surface area (Å²) in [5.74, 6) is 0.804. The van der Waals surface area contributed by atoms with Crippen LogP contribution in [0.1, 0.15) is 29.9 Å². The smallest absolute Gasteiger partial charge is 0.273 e. The van der Waals surface area contributed by atoms with Crippen LogP contribution in [0.3, 0.4) is 0 Å². The van der Waals surface area contributed by atoms with E-state index in [-0.39, 0.29) is 24.5 Å². The summed E-state index contributed by atoms with van der Waals surface area (Å²) in [6.45, 7) is 6.01. The van der Waals surface area contributed by atoms with Crippen molar-refractivity contribution in [3.05, 3.63) is 46.4 Å². The summed E-state index contributed by atoms with van der Waals surface area (Å²) >= 11 is 1.36. The van der Waals surface area contributed by atoms with Gasteiger partial charge in [-0.05, 0) is 23.6 Å². The average Bonchev–Trinajstić information content (AvgIpc) is 3.19. The minimum absolute atomic E-state index is 0.0437. The van der Waals surface area contributed by atoms with Crippen molar-refractivity contribution in [3.63, 3.8) is 0 Å². The zero-order valence-electron chi connectivity index (χ0n) is 17.0. The van der Waals surface area contributed by atoms with Gasteiger partial charge in [0, 0.05) is 25.0 Å². The Bertz CT molecular complexity index is 825.